The van der Waals surface area contributed by atoms with E-state index in [0.29, 0.717) is 5.69 Å². The van der Waals surface area contributed by atoms with Gasteiger partial charge in [0.05, 0.1) is 6.54 Å². The minimum atomic E-state index is -0.588. The van der Waals surface area contributed by atoms with Crippen molar-refractivity contribution in [1.29, 1.82) is 0 Å². The molecule has 2 aliphatic rings. The molecule has 0 saturated carbocycles. The number of nitrogens with one attached hydrogen (secondary N) is 2. The number of hydrogen-bond acceptors (Lipinski definition) is 3. The lowest BCUT2D eigenvalue weighted by molar-refractivity contribution is -0.121. The first-order valence-electron chi connectivity index (χ1n) is 9.24. The fraction of sp³-hybridized carbons (Fsp3) is 0.579. The number of benzene rings is 1. The summed E-state index contributed by atoms with van der Waals surface area (Å²) in [4.78, 5) is 29.6. The van der Waals surface area contributed by atoms with Crippen LogP contribution in [0.5, 0.6) is 0 Å². The Bertz CT molecular complexity index is 696. The number of fused-ring (bicyclic) bond motifs is 1. The average molecular weight is 362 g/mol. The van der Waals surface area contributed by atoms with E-state index < -0.39 is 11.9 Å². The number of likely N-dealkylation sites (tertiary alicyclic amines) is 1. The number of amides is 3. The molecular weight excluding hydrogens is 335 g/mol. The van der Waals surface area contributed by atoms with Crippen molar-refractivity contribution in [1.82, 2.24) is 15.1 Å². The first-order chi connectivity index (χ1) is 12.4. The van der Waals surface area contributed by atoms with E-state index in [1.165, 1.54) is 12.1 Å². The molecule has 1 aromatic rings. The maximum absolute atomic E-state index is 13.6. The molecule has 1 fully saturated rings. The van der Waals surface area contributed by atoms with Crippen molar-refractivity contribution in [3.63, 3.8) is 0 Å². The van der Waals surface area contributed by atoms with Gasteiger partial charge in [-0.3, -0.25) is 4.79 Å². The van der Waals surface area contributed by atoms with Gasteiger partial charge in [-0.2, -0.15) is 0 Å². The summed E-state index contributed by atoms with van der Waals surface area (Å²) in [6, 6.07) is 3.57. The molecule has 2 heterocycles. The predicted molar refractivity (Wildman–Crippen MR) is 98.2 cm³/mol. The molecule has 1 aromatic carbocycles. The van der Waals surface area contributed by atoms with Gasteiger partial charge in [0.25, 0.3) is 0 Å². The summed E-state index contributed by atoms with van der Waals surface area (Å²) < 4.78 is 13.6. The maximum Gasteiger partial charge on any atom is 0.318 e. The number of hydrogen-bond donors (Lipinski definition) is 2. The van der Waals surface area contributed by atoms with E-state index in [4.69, 9.17) is 0 Å². The van der Waals surface area contributed by atoms with Crippen LogP contribution in [0, 0.1) is 11.7 Å². The van der Waals surface area contributed by atoms with Crippen molar-refractivity contribution < 1.29 is 14.0 Å². The van der Waals surface area contributed by atoms with Crippen LogP contribution >= 0.6 is 0 Å². The number of carbonyl (C=O) groups excluding carboxylic acids is 2. The molecular formula is C19H27FN4O2. The van der Waals surface area contributed by atoms with Crippen LogP contribution in [0.1, 0.15) is 32.3 Å². The van der Waals surface area contributed by atoms with Crippen molar-refractivity contribution in [3.05, 3.63) is 29.6 Å². The Morgan fingerprint density at radius 1 is 1.46 bits per heavy atom. The van der Waals surface area contributed by atoms with Gasteiger partial charge in [0, 0.05) is 18.3 Å². The standard InChI is InChI=1S/C19H27FN4O2/c1-4-12(2)17-18(25)22-16-9-14(20)6-5-13(16)10-24(17)19(26)21-15-7-8-23(3)11-15/h5-6,9,12,15,17H,4,7-8,10-11H2,1-3H3,(H,21,26)(H,22,25). The fourth-order valence-corrected chi connectivity index (χ4v) is 3.73. The van der Waals surface area contributed by atoms with Gasteiger partial charge < -0.3 is 20.4 Å². The Balaban J connectivity index is 1.88. The molecule has 26 heavy (non-hydrogen) atoms. The fourth-order valence-electron chi connectivity index (χ4n) is 3.73. The number of nitrogens with zero attached hydrogens (tertiary/aromatic N) is 2. The van der Waals surface area contributed by atoms with Gasteiger partial charge in [0.2, 0.25) is 5.91 Å². The second-order valence-corrected chi connectivity index (χ2v) is 7.45. The molecule has 3 amide bonds. The van der Waals surface area contributed by atoms with E-state index in [1.807, 2.05) is 20.9 Å². The van der Waals surface area contributed by atoms with Crippen LogP contribution in [0.15, 0.2) is 18.2 Å². The lowest BCUT2D eigenvalue weighted by Crippen LogP contribution is -2.54. The largest absolute Gasteiger partial charge is 0.334 e. The van der Waals surface area contributed by atoms with Crippen LogP contribution in [0.3, 0.4) is 0 Å². The molecule has 1 saturated heterocycles. The van der Waals surface area contributed by atoms with Gasteiger partial charge in [0.15, 0.2) is 0 Å². The second-order valence-electron chi connectivity index (χ2n) is 7.45. The zero-order valence-corrected chi connectivity index (χ0v) is 15.6. The van der Waals surface area contributed by atoms with Crippen LogP contribution in [0.4, 0.5) is 14.9 Å². The molecule has 3 atom stereocenters. The zero-order valence-electron chi connectivity index (χ0n) is 15.6. The Labute approximate surface area is 153 Å². The van der Waals surface area contributed by atoms with Gasteiger partial charge in [-0.25, -0.2) is 9.18 Å². The molecule has 142 valence electrons. The molecule has 2 N–H and O–H groups in total. The van der Waals surface area contributed by atoms with E-state index >= 15 is 0 Å². The number of halogens is 1. The molecule has 6 nitrogen and oxygen atoms in total. The van der Waals surface area contributed by atoms with Crippen molar-refractivity contribution in [2.24, 2.45) is 5.92 Å². The SMILES string of the molecule is CCC(C)C1C(=O)Nc2cc(F)ccc2CN1C(=O)NC1CCN(C)C1. The van der Waals surface area contributed by atoms with Crippen molar-refractivity contribution in [2.75, 3.05) is 25.5 Å². The van der Waals surface area contributed by atoms with E-state index in [1.54, 1.807) is 11.0 Å². The highest BCUT2D eigenvalue weighted by atomic mass is 19.1. The topological polar surface area (TPSA) is 64.7 Å². The molecule has 7 heteroatoms. The van der Waals surface area contributed by atoms with Crippen LogP contribution in [-0.2, 0) is 11.3 Å². The third-order valence-electron chi connectivity index (χ3n) is 5.44. The Kier molecular flexibility index (Phi) is 5.46. The van der Waals surface area contributed by atoms with E-state index in [2.05, 4.69) is 15.5 Å². The van der Waals surface area contributed by atoms with Gasteiger partial charge >= 0.3 is 6.03 Å². The Morgan fingerprint density at radius 3 is 2.88 bits per heavy atom. The molecule has 0 bridgehead atoms. The van der Waals surface area contributed by atoms with Crippen molar-refractivity contribution in [2.45, 2.75) is 45.3 Å². The van der Waals surface area contributed by atoms with E-state index in [0.717, 1.165) is 31.5 Å². The van der Waals surface area contributed by atoms with E-state index in [-0.39, 0.29) is 30.4 Å². The smallest absolute Gasteiger partial charge is 0.318 e. The normalized spacial score (nSPS) is 24.6. The number of carbonyl (C=O) groups is 2. The molecule has 3 rings (SSSR count). The molecule has 0 aromatic heterocycles. The quantitative estimate of drug-likeness (QED) is 0.868. The lowest BCUT2D eigenvalue weighted by atomic mass is 9.97. The average Bonchev–Trinajstić information content (AvgIpc) is 2.93. The molecule has 3 unspecified atom stereocenters. The minimum absolute atomic E-state index is 0.00818. The van der Waals surface area contributed by atoms with Crippen LogP contribution < -0.4 is 10.6 Å². The van der Waals surface area contributed by atoms with Crippen molar-refractivity contribution >= 4 is 17.6 Å². The Hall–Kier alpha value is -2.15. The van der Waals surface area contributed by atoms with Crippen molar-refractivity contribution in [3.8, 4) is 0 Å². The first-order valence-corrected chi connectivity index (χ1v) is 9.24. The van der Waals surface area contributed by atoms with Crippen LogP contribution in [0.25, 0.3) is 0 Å². The third-order valence-corrected chi connectivity index (χ3v) is 5.44. The highest BCUT2D eigenvalue weighted by Gasteiger charge is 2.37. The van der Waals surface area contributed by atoms with Crippen LogP contribution in [0.2, 0.25) is 0 Å². The van der Waals surface area contributed by atoms with E-state index in [9.17, 15) is 14.0 Å². The molecule has 2 aliphatic heterocycles. The summed E-state index contributed by atoms with van der Waals surface area (Å²) in [7, 11) is 2.03. The summed E-state index contributed by atoms with van der Waals surface area (Å²) in [5.74, 6) is -0.676. The summed E-state index contributed by atoms with van der Waals surface area (Å²) in [5.41, 5.74) is 1.18. The minimum Gasteiger partial charge on any atom is -0.334 e. The monoisotopic (exact) mass is 362 g/mol. The number of likely N-dealkylation sites (N-methyl/N-ethyl adjacent to an activating group) is 1. The summed E-state index contributed by atoms with van der Waals surface area (Å²) in [6.07, 6.45) is 1.66. The first kappa shape index (κ1) is 18.6. The lowest BCUT2D eigenvalue weighted by Gasteiger charge is -2.33. The predicted octanol–water partition coefficient (Wildman–Crippen LogP) is 2.41. The highest BCUT2D eigenvalue weighted by molar-refractivity contribution is 5.98. The number of anilines is 1. The molecule has 0 spiro atoms. The highest BCUT2D eigenvalue weighted by Crippen LogP contribution is 2.28. The molecule has 0 aliphatic carbocycles. The Morgan fingerprint density at radius 2 is 2.23 bits per heavy atom. The van der Waals surface area contributed by atoms with Gasteiger partial charge in [-0.05, 0) is 43.6 Å². The number of rotatable bonds is 3. The van der Waals surface area contributed by atoms with Gasteiger partial charge in [0.1, 0.15) is 11.9 Å². The maximum atomic E-state index is 13.6. The second kappa shape index (κ2) is 7.61. The summed E-state index contributed by atoms with van der Waals surface area (Å²) in [6.45, 7) is 5.99. The summed E-state index contributed by atoms with van der Waals surface area (Å²) in [5, 5.41) is 5.87. The summed E-state index contributed by atoms with van der Waals surface area (Å²) >= 11 is 0. The third kappa shape index (κ3) is 3.82. The van der Waals surface area contributed by atoms with Gasteiger partial charge in [-0.15, -0.1) is 0 Å². The van der Waals surface area contributed by atoms with Crippen LogP contribution in [-0.4, -0.2) is 54.0 Å². The molecule has 0 radical (unpaired) electrons. The zero-order chi connectivity index (χ0) is 18.8. The number of urea groups is 1. The van der Waals surface area contributed by atoms with Gasteiger partial charge in [-0.1, -0.05) is 26.3 Å².